The van der Waals surface area contributed by atoms with Gasteiger partial charge in [-0.25, -0.2) is 15.0 Å². The number of rotatable bonds is 23. The van der Waals surface area contributed by atoms with Crippen molar-refractivity contribution in [2.75, 3.05) is 70.9 Å². The summed E-state index contributed by atoms with van der Waals surface area (Å²) in [6.07, 6.45) is 14.0. The van der Waals surface area contributed by atoms with Crippen molar-refractivity contribution in [1.82, 2.24) is 57.9 Å². The highest BCUT2D eigenvalue weighted by Crippen LogP contribution is 2.23. The number of aromatic nitrogens is 9. The number of carbonyl (C=O) groups excluding carboxylic acids is 9. The lowest BCUT2D eigenvalue weighted by molar-refractivity contribution is -0.116. The smallest absolute Gasteiger partial charge is 0.292 e. The average molecular weight is 1130 g/mol. The number of hydrogen-bond acceptors (Lipinski definition) is 15. The molecule has 0 saturated carbocycles. The molecule has 0 aliphatic rings. The SMILES string of the molecule is CN(C)CCCNC(=O)c1cc(NC(=O)c2cc(NC(=O)c3cc(NC(=O)c4nc(NC(=O)CCCNC(=O)c5cc(NC(=O)c6cc(NC(=O)c7nc(NC(=O)c8nccn8C)cn7C)co6)co5)cn4C)cn3C)cn2C)cn1C. The van der Waals surface area contributed by atoms with Crippen LogP contribution in [0.3, 0.4) is 0 Å². The molecule has 9 N–H and O–H groups in total. The van der Waals surface area contributed by atoms with Crippen molar-refractivity contribution in [2.24, 2.45) is 42.3 Å². The topological polar surface area (TPSA) is 360 Å². The Balaban J connectivity index is 0.741. The van der Waals surface area contributed by atoms with E-state index in [0.29, 0.717) is 23.6 Å². The number of nitrogens with zero attached hydrogens (tertiary/aromatic N) is 10. The Morgan fingerprint density at radius 2 is 0.890 bits per heavy atom. The standard InChI is InChI=1S/C52H59N19O11/c1-65(2)15-10-13-54-45(73)34-17-29(22-67(34)4)56-46(74)35-18-30(23-68(35)5)57-47(75)36-19-31(24-69(36)6)58-51(79)43-62-39(25-70(43)7)61-41(72)11-9-12-55-48(76)37-20-32(27-81-37)59-49(77)38-21-33(28-82-38)60-52(80)44-63-40(26-71(44)8)64-50(78)42-53-14-16-66(42)3/h14,16-28H,9-13,15H2,1-8H3,(H,54,73)(H,55,76)(H,56,74)(H,57,75)(H,58,79)(H,59,77)(H,60,80)(H,61,72)(H,64,78). The summed E-state index contributed by atoms with van der Waals surface area (Å²) in [6.45, 7) is 1.40. The zero-order valence-electron chi connectivity index (χ0n) is 45.8. The Hall–Kier alpha value is -10.8. The van der Waals surface area contributed by atoms with Crippen molar-refractivity contribution in [3.05, 3.63) is 132 Å². The van der Waals surface area contributed by atoms with Gasteiger partial charge in [-0.2, -0.15) is 0 Å². The highest BCUT2D eigenvalue weighted by atomic mass is 16.3. The van der Waals surface area contributed by atoms with E-state index in [2.05, 4.69) is 62.8 Å². The lowest BCUT2D eigenvalue weighted by Gasteiger charge is -2.10. The molecule has 0 bridgehead atoms. The lowest BCUT2D eigenvalue weighted by atomic mass is 10.3. The van der Waals surface area contributed by atoms with Crippen LogP contribution in [0.25, 0.3) is 0 Å². The molecule has 0 saturated heterocycles. The molecule has 0 unspecified atom stereocenters. The van der Waals surface area contributed by atoms with E-state index in [1.54, 1.807) is 76.1 Å². The first-order valence-corrected chi connectivity index (χ1v) is 25.2. The molecule has 8 aromatic rings. The molecular formula is C52H59N19O11. The van der Waals surface area contributed by atoms with Crippen LogP contribution in [0.15, 0.2) is 95.1 Å². The number of anilines is 7. The Morgan fingerprint density at radius 3 is 1.40 bits per heavy atom. The minimum Gasteiger partial charge on any atom is -0.457 e. The van der Waals surface area contributed by atoms with Gasteiger partial charge < -0.3 is 89.0 Å². The van der Waals surface area contributed by atoms with Crippen molar-refractivity contribution in [3.8, 4) is 0 Å². The second kappa shape index (κ2) is 24.9. The zero-order valence-corrected chi connectivity index (χ0v) is 45.8. The summed E-state index contributed by atoms with van der Waals surface area (Å²) in [7, 11) is 13.7. The van der Waals surface area contributed by atoms with Crippen molar-refractivity contribution < 1.29 is 52.0 Å². The van der Waals surface area contributed by atoms with Gasteiger partial charge in [-0.15, -0.1) is 0 Å². The van der Waals surface area contributed by atoms with Gasteiger partial charge in [0, 0.05) is 117 Å². The van der Waals surface area contributed by atoms with Gasteiger partial charge in [0.05, 0.1) is 28.4 Å². The molecule has 0 atom stereocenters. The molecule has 0 fully saturated rings. The molecule has 428 valence electrons. The maximum Gasteiger partial charge on any atom is 0.292 e. The summed E-state index contributed by atoms with van der Waals surface area (Å²) in [4.78, 5) is 131. The summed E-state index contributed by atoms with van der Waals surface area (Å²) in [5, 5.41) is 24.1. The Bertz CT molecular complexity index is 3740. The monoisotopic (exact) mass is 1130 g/mol. The Morgan fingerprint density at radius 1 is 0.451 bits per heavy atom. The summed E-state index contributed by atoms with van der Waals surface area (Å²) in [5.74, 6) is -4.89. The summed E-state index contributed by atoms with van der Waals surface area (Å²) >= 11 is 0. The maximum atomic E-state index is 13.4. The predicted octanol–water partition coefficient (Wildman–Crippen LogP) is 3.43. The van der Waals surface area contributed by atoms with Gasteiger partial charge in [0.15, 0.2) is 29.0 Å². The summed E-state index contributed by atoms with van der Waals surface area (Å²) in [6, 6.07) is 7.11. The first-order valence-electron chi connectivity index (χ1n) is 25.2. The molecule has 8 aromatic heterocycles. The number of carbonyl (C=O) groups is 9. The third-order valence-corrected chi connectivity index (χ3v) is 12.3. The lowest BCUT2D eigenvalue weighted by Crippen LogP contribution is -2.28. The van der Waals surface area contributed by atoms with Crippen LogP contribution < -0.4 is 47.9 Å². The van der Waals surface area contributed by atoms with Crippen molar-refractivity contribution in [3.63, 3.8) is 0 Å². The van der Waals surface area contributed by atoms with Gasteiger partial charge in [-0.1, -0.05) is 0 Å². The number of hydrogen-bond donors (Lipinski definition) is 9. The highest BCUT2D eigenvalue weighted by molar-refractivity contribution is 6.09. The quantitative estimate of drug-likeness (QED) is 0.0414. The third-order valence-electron chi connectivity index (χ3n) is 12.3. The molecule has 0 aliphatic carbocycles. The van der Waals surface area contributed by atoms with Gasteiger partial charge >= 0.3 is 0 Å². The third kappa shape index (κ3) is 14.1. The molecule has 8 heterocycles. The molecule has 8 rings (SSSR count). The molecule has 0 radical (unpaired) electrons. The van der Waals surface area contributed by atoms with Crippen molar-refractivity contribution in [2.45, 2.75) is 19.3 Å². The van der Waals surface area contributed by atoms with Gasteiger partial charge in [-0.05, 0) is 51.7 Å². The van der Waals surface area contributed by atoms with E-state index in [4.69, 9.17) is 8.83 Å². The molecule has 0 spiro atoms. The largest absolute Gasteiger partial charge is 0.457 e. The normalized spacial score (nSPS) is 11.0. The van der Waals surface area contributed by atoms with Crippen LogP contribution in [0.2, 0.25) is 0 Å². The molecule has 0 aliphatic heterocycles. The zero-order chi connectivity index (χ0) is 58.9. The fourth-order valence-electron chi connectivity index (χ4n) is 8.24. The molecule has 9 amide bonds. The van der Waals surface area contributed by atoms with Crippen molar-refractivity contribution in [1.29, 1.82) is 0 Å². The van der Waals surface area contributed by atoms with Crippen LogP contribution in [-0.4, -0.2) is 134 Å². The minimum atomic E-state index is -0.718. The summed E-state index contributed by atoms with van der Waals surface area (Å²) in [5.41, 5.74) is 2.08. The number of imidazole rings is 3. The Kier molecular flexibility index (Phi) is 17.4. The molecular weight excluding hydrogens is 1070 g/mol. The molecule has 0 aromatic carbocycles. The van der Waals surface area contributed by atoms with Gasteiger partial charge in [0.2, 0.25) is 17.6 Å². The molecule has 30 nitrogen and oxygen atoms in total. The van der Waals surface area contributed by atoms with Crippen molar-refractivity contribution >= 4 is 93.2 Å². The predicted molar refractivity (Wildman–Crippen MR) is 297 cm³/mol. The second-order valence-corrected chi connectivity index (χ2v) is 19.1. The fraction of sp³-hybridized carbons (Fsp3) is 0.269. The molecule has 82 heavy (non-hydrogen) atoms. The first kappa shape index (κ1) is 57.4. The first-order chi connectivity index (χ1) is 39.1. The molecule has 30 heteroatoms. The van der Waals surface area contributed by atoms with E-state index in [9.17, 15) is 43.2 Å². The van der Waals surface area contributed by atoms with Crippen LogP contribution in [0.4, 0.5) is 40.1 Å². The maximum absolute atomic E-state index is 13.4. The van der Waals surface area contributed by atoms with E-state index in [-0.39, 0.29) is 94.4 Å². The van der Waals surface area contributed by atoms with E-state index >= 15 is 0 Å². The average Bonchev–Trinajstić information content (AvgIpc) is 4.43. The number of aryl methyl sites for hydroxylation is 6. The second-order valence-electron chi connectivity index (χ2n) is 19.1. The number of nitrogens with one attached hydrogen (secondary N) is 9. The van der Waals surface area contributed by atoms with Crippen LogP contribution in [0.5, 0.6) is 0 Å². The van der Waals surface area contributed by atoms with Gasteiger partial charge in [0.1, 0.15) is 29.6 Å². The number of amides is 9. The van der Waals surface area contributed by atoms with E-state index in [1.807, 2.05) is 19.0 Å². The van der Waals surface area contributed by atoms with Crippen LogP contribution in [0, 0.1) is 0 Å². The number of furan rings is 2. The van der Waals surface area contributed by atoms with E-state index < -0.39 is 47.3 Å². The van der Waals surface area contributed by atoms with E-state index in [0.717, 1.165) is 25.5 Å². The highest BCUT2D eigenvalue weighted by Gasteiger charge is 2.24. The van der Waals surface area contributed by atoms with Gasteiger partial charge in [0.25, 0.3) is 47.3 Å². The van der Waals surface area contributed by atoms with Crippen LogP contribution in [-0.2, 0) is 47.1 Å². The Labute approximate surface area is 466 Å². The minimum absolute atomic E-state index is 0.0307. The fourth-order valence-corrected chi connectivity index (χ4v) is 8.24. The van der Waals surface area contributed by atoms with E-state index in [1.165, 1.54) is 67.3 Å². The van der Waals surface area contributed by atoms with Gasteiger partial charge in [-0.3, -0.25) is 43.2 Å². The summed E-state index contributed by atoms with van der Waals surface area (Å²) < 4.78 is 19.7. The van der Waals surface area contributed by atoms with Crippen LogP contribution >= 0.6 is 0 Å². The van der Waals surface area contributed by atoms with Crippen LogP contribution in [0.1, 0.15) is 104 Å².